The van der Waals surface area contributed by atoms with Crippen molar-refractivity contribution in [3.63, 3.8) is 0 Å². The number of nitrogens with zero attached hydrogens (tertiary/aromatic N) is 1. The van der Waals surface area contributed by atoms with E-state index in [4.69, 9.17) is 9.72 Å². The third-order valence-electron chi connectivity index (χ3n) is 5.48. The molecule has 4 rings (SSSR count). The second-order valence-electron chi connectivity index (χ2n) is 8.51. The van der Waals surface area contributed by atoms with Gasteiger partial charge in [0.15, 0.2) is 4.34 Å². The van der Waals surface area contributed by atoms with Gasteiger partial charge in [0.05, 0.1) is 21.9 Å². The van der Waals surface area contributed by atoms with E-state index in [1.54, 1.807) is 5.57 Å². The van der Waals surface area contributed by atoms with Gasteiger partial charge in [0.25, 0.3) is 0 Å². The lowest BCUT2D eigenvalue weighted by Crippen LogP contribution is -2.38. The number of rotatable bonds is 3. The highest BCUT2D eigenvalue weighted by molar-refractivity contribution is 8.01. The Labute approximate surface area is 159 Å². The van der Waals surface area contributed by atoms with Gasteiger partial charge >= 0.3 is 0 Å². The number of para-hydroxylation sites is 1. The highest BCUT2D eigenvalue weighted by atomic mass is 32.2. The first-order valence-corrected chi connectivity index (χ1v) is 10.9. The van der Waals surface area contributed by atoms with Crippen molar-refractivity contribution in [2.45, 2.75) is 74.7 Å². The quantitative estimate of drug-likeness (QED) is 0.576. The van der Waals surface area contributed by atoms with Gasteiger partial charge in [-0.15, -0.1) is 11.3 Å². The molecule has 25 heavy (non-hydrogen) atoms. The van der Waals surface area contributed by atoms with Crippen LogP contribution in [0.5, 0.6) is 0 Å². The first kappa shape index (κ1) is 17.6. The van der Waals surface area contributed by atoms with Crippen molar-refractivity contribution >= 4 is 33.3 Å². The Hall–Kier alpha value is -0.840. The number of benzene rings is 1. The largest absolute Gasteiger partial charge is 0.372 e. The van der Waals surface area contributed by atoms with Crippen LogP contribution in [0.2, 0.25) is 0 Å². The van der Waals surface area contributed by atoms with Crippen LogP contribution in [-0.4, -0.2) is 21.9 Å². The number of thioether (sulfide) groups is 1. The molecule has 0 aliphatic heterocycles. The van der Waals surface area contributed by atoms with Crippen LogP contribution in [0.15, 0.2) is 40.3 Å². The molecule has 2 aliphatic carbocycles. The molecular weight excluding hydrogens is 346 g/mol. The number of ether oxygens (including phenoxy) is 1. The third kappa shape index (κ3) is 3.54. The van der Waals surface area contributed by atoms with Gasteiger partial charge < -0.3 is 4.74 Å². The van der Waals surface area contributed by atoms with Crippen LogP contribution in [0.4, 0.5) is 0 Å². The van der Waals surface area contributed by atoms with Gasteiger partial charge in [-0.3, -0.25) is 0 Å². The average Bonchev–Trinajstić information content (AvgIpc) is 3.07. The lowest BCUT2D eigenvalue weighted by atomic mass is 9.74. The molecule has 0 radical (unpaired) electrons. The molecule has 0 bridgehead atoms. The van der Waals surface area contributed by atoms with Gasteiger partial charge in [0.1, 0.15) is 0 Å². The summed E-state index contributed by atoms with van der Waals surface area (Å²) in [5, 5.41) is 0.553. The summed E-state index contributed by atoms with van der Waals surface area (Å²) in [5.74, 6) is 0. The molecule has 1 fully saturated rings. The van der Waals surface area contributed by atoms with E-state index in [0.29, 0.717) is 11.4 Å². The number of aromatic nitrogens is 1. The zero-order chi connectivity index (χ0) is 17.7. The minimum absolute atomic E-state index is 0.0598. The minimum Gasteiger partial charge on any atom is -0.372 e. The first-order valence-electron chi connectivity index (χ1n) is 9.25. The molecule has 4 heteroatoms. The zero-order valence-corrected chi connectivity index (χ0v) is 17.2. The number of thiazole rings is 1. The van der Waals surface area contributed by atoms with Gasteiger partial charge in [-0.1, -0.05) is 42.5 Å². The standard InChI is InChI=1S/C21H27NOS2/c1-20(2,3)23-18-10-9-14-13-15(11-12-21(14,18)4)24-19-22-16-7-5-6-8-17(16)25-19/h5-8,13,15,18H,9-12H2,1-4H3/t15-,18+,21+/m1/s1. The molecule has 0 N–H and O–H groups in total. The SMILES string of the molecule is CC(C)(C)O[C@H]1CCC2=C[C@H](Sc3nc4ccccc4s3)CC[C@@]21C. The van der Waals surface area contributed by atoms with Crippen molar-refractivity contribution in [3.05, 3.63) is 35.9 Å². The van der Waals surface area contributed by atoms with Crippen molar-refractivity contribution in [1.29, 1.82) is 0 Å². The molecule has 1 aromatic carbocycles. The minimum atomic E-state index is -0.0598. The Bertz CT molecular complexity index is 771. The topological polar surface area (TPSA) is 22.1 Å². The normalized spacial score (nSPS) is 29.7. The van der Waals surface area contributed by atoms with Gasteiger partial charge in [0.2, 0.25) is 0 Å². The fourth-order valence-corrected chi connectivity index (χ4v) is 6.59. The number of hydrogen-bond acceptors (Lipinski definition) is 4. The van der Waals surface area contributed by atoms with Crippen molar-refractivity contribution in [3.8, 4) is 0 Å². The summed E-state index contributed by atoms with van der Waals surface area (Å²) in [7, 11) is 0. The Morgan fingerprint density at radius 2 is 2.04 bits per heavy atom. The van der Waals surface area contributed by atoms with Gasteiger partial charge in [-0.2, -0.15) is 0 Å². The predicted molar refractivity (Wildman–Crippen MR) is 109 cm³/mol. The van der Waals surface area contributed by atoms with Gasteiger partial charge in [-0.25, -0.2) is 4.98 Å². The van der Waals surface area contributed by atoms with Crippen molar-refractivity contribution in [2.75, 3.05) is 0 Å². The lowest BCUT2D eigenvalue weighted by molar-refractivity contribution is -0.0970. The van der Waals surface area contributed by atoms with Crippen LogP contribution in [0.25, 0.3) is 10.2 Å². The Morgan fingerprint density at radius 1 is 1.24 bits per heavy atom. The molecular formula is C21H27NOS2. The van der Waals surface area contributed by atoms with Crippen molar-refractivity contribution < 1.29 is 4.74 Å². The molecule has 2 nitrogen and oxygen atoms in total. The second-order valence-corrected chi connectivity index (χ2v) is 11.0. The lowest BCUT2D eigenvalue weighted by Gasteiger charge is -2.40. The molecule has 2 aromatic rings. The van der Waals surface area contributed by atoms with Crippen LogP contribution < -0.4 is 0 Å². The summed E-state index contributed by atoms with van der Waals surface area (Å²) in [4.78, 5) is 4.80. The van der Waals surface area contributed by atoms with Crippen LogP contribution in [0, 0.1) is 5.41 Å². The fraction of sp³-hybridized carbons (Fsp3) is 0.571. The molecule has 134 valence electrons. The summed E-state index contributed by atoms with van der Waals surface area (Å²) < 4.78 is 8.90. The molecule has 3 atom stereocenters. The molecule has 1 saturated carbocycles. The summed E-state index contributed by atoms with van der Waals surface area (Å²) in [5.41, 5.74) is 2.92. The molecule has 0 spiro atoms. The highest BCUT2D eigenvalue weighted by Crippen LogP contribution is 2.53. The maximum Gasteiger partial charge on any atom is 0.151 e. The van der Waals surface area contributed by atoms with Crippen LogP contribution in [0.3, 0.4) is 0 Å². The molecule has 0 unspecified atom stereocenters. The van der Waals surface area contributed by atoms with Crippen LogP contribution in [-0.2, 0) is 4.74 Å². The Morgan fingerprint density at radius 3 is 2.80 bits per heavy atom. The summed E-state index contributed by atoms with van der Waals surface area (Å²) in [6.07, 6.45) is 7.69. The van der Waals surface area contributed by atoms with E-state index in [0.717, 1.165) is 11.9 Å². The van der Waals surface area contributed by atoms with Gasteiger partial charge in [-0.05, 0) is 58.6 Å². The van der Waals surface area contributed by atoms with Crippen LogP contribution >= 0.6 is 23.1 Å². The maximum atomic E-state index is 6.41. The fourth-order valence-electron chi connectivity index (χ4n) is 4.18. The molecule has 0 amide bonds. The molecule has 0 saturated heterocycles. The summed E-state index contributed by atoms with van der Waals surface area (Å²) >= 11 is 3.76. The second kappa shape index (κ2) is 6.40. The molecule has 1 heterocycles. The van der Waals surface area contributed by atoms with Crippen molar-refractivity contribution in [2.24, 2.45) is 5.41 Å². The van der Waals surface area contributed by atoms with E-state index >= 15 is 0 Å². The average molecular weight is 374 g/mol. The van der Waals surface area contributed by atoms with Crippen molar-refractivity contribution in [1.82, 2.24) is 4.98 Å². The number of fused-ring (bicyclic) bond motifs is 2. The van der Waals surface area contributed by atoms with E-state index in [1.165, 1.54) is 28.3 Å². The maximum absolute atomic E-state index is 6.41. The van der Waals surface area contributed by atoms with E-state index in [-0.39, 0.29) is 11.0 Å². The molecule has 1 aromatic heterocycles. The van der Waals surface area contributed by atoms with E-state index in [2.05, 4.69) is 58.0 Å². The van der Waals surface area contributed by atoms with E-state index in [1.807, 2.05) is 23.1 Å². The van der Waals surface area contributed by atoms with Crippen LogP contribution in [0.1, 0.15) is 53.4 Å². The smallest absolute Gasteiger partial charge is 0.151 e. The Balaban J connectivity index is 1.51. The highest BCUT2D eigenvalue weighted by Gasteiger charge is 2.46. The number of hydrogen-bond donors (Lipinski definition) is 0. The van der Waals surface area contributed by atoms with E-state index < -0.39 is 0 Å². The summed E-state index contributed by atoms with van der Waals surface area (Å²) in [6, 6.07) is 8.44. The summed E-state index contributed by atoms with van der Waals surface area (Å²) in [6.45, 7) is 8.94. The van der Waals surface area contributed by atoms with E-state index in [9.17, 15) is 0 Å². The monoisotopic (exact) mass is 373 g/mol. The van der Waals surface area contributed by atoms with Gasteiger partial charge in [0, 0.05) is 10.7 Å². The first-order chi connectivity index (χ1) is 11.8. The zero-order valence-electron chi connectivity index (χ0n) is 15.5. The Kier molecular flexibility index (Phi) is 4.50. The third-order valence-corrected chi connectivity index (χ3v) is 7.81. The molecule has 2 aliphatic rings. The predicted octanol–water partition coefficient (Wildman–Crippen LogP) is 6.46.